The zero-order chi connectivity index (χ0) is 15.9. The van der Waals surface area contributed by atoms with E-state index >= 15 is 0 Å². The minimum Gasteiger partial charge on any atom is -0.323 e. The Bertz CT molecular complexity index is 676. The quantitative estimate of drug-likeness (QED) is 0.698. The number of halogens is 1. The zero-order valence-electron chi connectivity index (χ0n) is 11.6. The fourth-order valence-corrected chi connectivity index (χ4v) is 1.74. The van der Waals surface area contributed by atoms with Crippen LogP contribution in [0.25, 0.3) is 0 Å². The van der Waals surface area contributed by atoms with Crippen LogP contribution < -0.4 is 21.7 Å². The molecule has 2 aromatic rings. The number of para-hydroxylation sites is 1. The highest BCUT2D eigenvalue weighted by Crippen LogP contribution is 2.23. The molecule has 0 aliphatic heterocycles. The van der Waals surface area contributed by atoms with E-state index in [9.17, 15) is 14.0 Å². The van der Waals surface area contributed by atoms with Crippen LogP contribution in [0, 0.1) is 5.82 Å². The molecular formula is C15H15FN4O2. The summed E-state index contributed by atoms with van der Waals surface area (Å²) >= 11 is 0. The minimum atomic E-state index is -0.540. The Morgan fingerprint density at radius 1 is 0.955 bits per heavy atom. The number of hydrogen-bond donors (Lipinski definition) is 4. The van der Waals surface area contributed by atoms with Crippen LogP contribution in [-0.4, -0.2) is 18.5 Å². The third-order valence-electron chi connectivity index (χ3n) is 2.72. The summed E-state index contributed by atoms with van der Waals surface area (Å²) in [6.45, 7) is -0.244. The first kappa shape index (κ1) is 15.5. The van der Waals surface area contributed by atoms with E-state index < -0.39 is 17.8 Å². The fourth-order valence-electron chi connectivity index (χ4n) is 1.74. The lowest BCUT2D eigenvalue weighted by atomic mass is 10.2. The summed E-state index contributed by atoms with van der Waals surface area (Å²) in [4.78, 5) is 23.3. The van der Waals surface area contributed by atoms with Crippen molar-refractivity contribution in [3.05, 3.63) is 54.3 Å². The van der Waals surface area contributed by atoms with Crippen molar-refractivity contribution in [1.82, 2.24) is 0 Å². The van der Waals surface area contributed by atoms with Crippen LogP contribution in [0.3, 0.4) is 0 Å². The summed E-state index contributed by atoms with van der Waals surface area (Å²) in [5.74, 6) is -1.03. The van der Waals surface area contributed by atoms with Crippen LogP contribution in [0.4, 0.5) is 26.2 Å². The van der Waals surface area contributed by atoms with Crippen LogP contribution >= 0.6 is 0 Å². The molecule has 0 heterocycles. The first-order valence-corrected chi connectivity index (χ1v) is 6.51. The van der Waals surface area contributed by atoms with Gasteiger partial charge in [0, 0.05) is 5.69 Å². The maximum absolute atomic E-state index is 13.3. The van der Waals surface area contributed by atoms with E-state index in [1.165, 1.54) is 12.1 Å². The average Bonchev–Trinajstić information content (AvgIpc) is 2.51. The standard InChI is InChI=1S/C15H15FN4O2/c16-10-6-7-12(13(8-10)19-14(21)9-17)20-15(22)18-11-4-2-1-3-5-11/h1-8H,9,17H2,(H,19,21)(H2,18,20,22). The van der Waals surface area contributed by atoms with Gasteiger partial charge >= 0.3 is 6.03 Å². The van der Waals surface area contributed by atoms with Crippen LogP contribution in [0.15, 0.2) is 48.5 Å². The smallest absolute Gasteiger partial charge is 0.323 e. The van der Waals surface area contributed by atoms with Gasteiger partial charge in [0.05, 0.1) is 17.9 Å². The Morgan fingerprint density at radius 3 is 2.36 bits per heavy atom. The van der Waals surface area contributed by atoms with E-state index in [4.69, 9.17) is 5.73 Å². The Hall–Kier alpha value is -2.93. The molecular weight excluding hydrogens is 287 g/mol. The number of amides is 3. The van der Waals surface area contributed by atoms with E-state index in [2.05, 4.69) is 16.0 Å². The highest BCUT2D eigenvalue weighted by molar-refractivity contribution is 6.04. The first-order valence-electron chi connectivity index (χ1n) is 6.51. The van der Waals surface area contributed by atoms with Crippen molar-refractivity contribution >= 4 is 29.0 Å². The summed E-state index contributed by atoms with van der Waals surface area (Å²) in [5, 5.41) is 7.59. The molecule has 7 heteroatoms. The molecule has 5 N–H and O–H groups in total. The lowest BCUT2D eigenvalue weighted by Gasteiger charge is -2.13. The van der Waals surface area contributed by atoms with Crippen LogP contribution in [0.5, 0.6) is 0 Å². The molecule has 0 spiro atoms. The molecule has 0 fully saturated rings. The van der Waals surface area contributed by atoms with Crippen molar-refractivity contribution in [2.45, 2.75) is 0 Å². The van der Waals surface area contributed by atoms with Gasteiger partial charge in [-0.25, -0.2) is 9.18 Å². The second kappa shape index (κ2) is 7.19. The van der Waals surface area contributed by atoms with Gasteiger partial charge in [-0.3, -0.25) is 4.79 Å². The Labute approximate surface area is 126 Å². The van der Waals surface area contributed by atoms with E-state index in [0.717, 1.165) is 6.07 Å². The summed E-state index contributed by atoms with van der Waals surface area (Å²) in [7, 11) is 0. The minimum absolute atomic E-state index is 0.138. The third-order valence-corrected chi connectivity index (χ3v) is 2.72. The molecule has 0 saturated carbocycles. The SMILES string of the molecule is NCC(=O)Nc1cc(F)ccc1NC(=O)Nc1ccccc1. The molecule has 0 aliphatic rings. The molecule has 0 unspecified atom stereocenters. The van der Waals surface area contributed by atoms with Crippen molar-refractivity contribution in [2.75, 3.05) is 22.5 Å². The zero-order valence-corrected chi connectivity index (χ0v) is 11.6. The second-order valence-corrected chi connectivity index (χ2v) is 4.39. The topological polar surface area (TPSA) is 96.2 Å². The van der Waals surface area contributed by atoms with Gasteiger partial charge in [-0.15, -0.1) is 0 Å². The highest BCUT2D eigenvalue weighted by Gasteiger charge is 2.10. The lowest BCUT2D eigenvalue weighted by molar-refractivity contribution is -0.114. The fraction of sp³-hybridized carbons (Fsp3) is 0.0667. The molecule has 0 bridgehead atoms. The maximum atomic E-state index is 13.3. The Morgan fingerprint density at radius 2 is 1.68 bits per heavy atom. The third kappa shape index (κ3) is 4.29. The molecule has 2 aromatic carbocycles. The predicted molar refractivity (Wildman–Crippen MR) is 83.2 cm³/mol. The largest absolute Gasteiger partial charge is 0.323 e. The second-order valence-electron chi connectivity index (χ2n) is 4.39. The molecule has 0 radical (unpaired) electrons. The average molecular weight is 302 g/mol. The number of nitrogens with one attached hydrogen (secondary N) is 3. The number of benzene rings is 2. The van der Waals surface area contributed by atoms with Gasteiger partial charge in [0.15, 0.2) is 0 Å². The summed E-state index contributed by atoms with van der Waals surface area (Å²) in [6, 6.07) is 11.9. The van der Waals surface area contributed by atoms with Gasteiger partial charge in [-0.2, -0.15) is 0 Å². The number of rotatable bonds is 4. The molecule has 0 saturated heterocycles. The monoisotopic (exact) mass is 302 g/mol. The van der Waals surface area contributed by atoms with Gasteiger partial charge in [-0.05, 0) is 30.3 Å². The molecule has 0 aliphatic carbocycles. The Kier molecular flexibility index (Phi) is 5.05. The summed E-state index contributed by atoms with van der Waals surface area (Å²) < 4.78 is 13.3. The molecule has 22 heavy (non-hydrogen) atoms. The van der Waals surface area contributed by atoms with E-state index in [0.29, 0.717) is 5.69 Å². The van der Waals surface area contributed by atoms with Gasteiger partial charge in [0.2, 0.25) is 5.91 Å². The summed E-state index contributed by atoms with van der Waals surface area (Å²) in [5.41, 5.74) is 6.21. The first-order chi connectivity index (χ1) is 10.6. The van der Waals surface area contributed by atoms with Gasteiger partial charge in [0.1, 0.15) is 5.82 Å². The van der Waals surface area contributed by atoms with Crippen LogP contribution in [0.1, 0.15) is 0 Å². The van der Waals surface area contributed by atoms with Crippen molar-refractivity contribution < 1.29 is 14.0 Å². The van der Waals surface area contributed by atoms with Gasteiger partial charge < -0.3 is 21.7 Å². The number of hydrogen-bond acceptors (Lipinski definition) is 3. The molecule has 2 rings (SSSR count). The van der Waals surface area contributed by atoms with Crippen molar-refractivity contribution in [1.29, 1.82) is 0 Å². The highest BCUT2D eigenvalue weighted by atomic mass is 19.1. The van der Waals surface area contributed by atoms with Crippen molar-refractivity contribution in [3.8, 4) is 0 Å². The van der Waals surface area contributed by atoms with E-state index in [1.807, 2.05) is 6.07 Å². The lowest BCUT2D eigenvalue weighted by Crippen LogP contribution is -2.24. The van der Waals surface area contributed by atoms with Crippen molar-refractivity contribution in [3.63, 3.8) is 0 Å². The van der Waals surface area contributed by atoms with Crippen molar-refractivity contribution in [2.24, 2.45) is 5.73 Å². The predicted octanol–water partition coefficient (Wildman–Crippen LogP) is 2.37. The van der Waals surface area contributed by atoms with E-state index in [1.54, 1.807) is 24.3 Å². The van der Waals surface area contributed by atoms with Gasteiger partial charge in [-0.1, -0.05) is 18.2 Å². The van der Waals surface area contributed by atoms with Crippen LogP contribution in [-0.2, 0) is 4.79 Å². The number of carbonyl (C=O) groups excluding carboxylic acids is 2. The van der Waals surface area contributed by atoms with Gasteiger partial charge in [0.25, 0.3) is 0 Å². The van der Waals surface area contributed by atoms with E-state index in [-0.39, 0.29) is 17.9 Å². The Balaban J connectivity index is 2.11. The number of urea groups is 1. The molecule has 114 valence electrons. The molecule has 6 nitrogen and oxygen atoms in total. The number of anilines is 3. The number of carbonyl (C=O) groups is 2. The number of nitrogens with two attached hydrogens (primary N) is 1. The molecule has 3 amide bonds. The summed E-state index contributed by atoms with van der Waals surface area (Å²) in [6.07, 6.45) is 0. The maximum Gasteiger partial charge on any atom is 0.323 e. The molecule has 0 aromatic heterocycles. The van der Waals surface area contributed by atoms with Crippen LogP contribution in [0.2, 0.25) is 0 Å². The normalized spacial score (nSPS) is 9.91. The molecule has 0 atom stereocenters.